The van der Waals surface area contributed by atoms with Crippen molar-refractivity contribution in [2.75, 3.05) is 7.05 Å². The summed E-state index contributed by atoms with van der Waals surface area (Å²) in [5, 5.41) is 26.3. The number of rotatable bonds is 5. The van der Waals surface area contributed by atoms with Crippen LogP contribution in [0.15, 0.2) is 48.5 Å². The smallest absolute Gasteiger partial charge is 0.269 e. The van der Waals surface area contributed by atoms with Crippen LogP contribution in [0.2, 0.25) is 5.02 Å². The van der Waals surface area contributed by atoms with Crippen LogP contribution in [-0.2, 0) is 0 Å². The second-order valence-electron chi connectivity index (χ2n) is 5.00. The third-order valence-corrected chi connectivity index (χ3v) is 3.77. The molecule has 1 unspecified atom stereocenters. The lowest BCUT2D eigenvalue weighted by Gasteiger charge is -2.16. The van der Waals surface area contributed by atoms with Gasteiger partial charge in [-0.3, -0.25) is 10.1 Å². The average Bonchev–Trinajstić information content (AvgIpc) is 3.05. The number of tetrazole rings is 1. The molecule has 1 heterocycles. The summed E-state index contributed by atoms with van der Waals surface area (Å²) in [6, 6.07) is 13.1. The van der Waals surface area contributed by atoms with E-state index in [9.17, 15) is 10.1 Å². The van der Waals surface area contributed by atoms with E-state index in [0.717, 1.165) is 11.3 Å². The minimum absolute atomic E-state index is 0.0306. The number of aromatic nitrogens is 4. The van der Waals surface area contributed by atoms with Crippen molar-refractivity contribution in [2.45, 2.75) is 6.04 Å². The van der Waals surface area contributed by atoms with Crippen molar-refractivity contribution in [1.29, 1.82) is 0 Å². The molecule has 8 nitrogen and oxygen atoms in total. The van der Waals surface area contributed by atoms with E-state index in [-0.39, 0.29) is 11.7 Å². The summed E-state index contributed by atoms with van der Waals surface area (Å²) in [5.74, 6) is 0.550. The Bertz CT molecular complexity index is 864. The largest absolute Gasteiger partial charge is 0.307 e. The average molecular weight is 345 g/mol. The summed E-state index contributed by atoms with van der Waals surface area (Å²) >= 11 is 6.03. The number of nitrogens with one attached hydrogen (secondary N) is 1. The zero-order chi connectivity index (χ0) is 17.1. The molecule has 0 saturated heterocycles. The van der Waals surface area contributed by atoms with Crippen molar-refractivity contribution < 1.29 is 4.92 Å². The van der Waals surface area contributed by atoms with Crippen molar-refractivity contribution in [3.63, 3.8) is 0 Å². The predicted molar refractivity (Wildman–Crippen MR) is 88.2 cm³/mol. The molecular weight excluding hydrogens is 332 g/mol. The first kappa shape index (κ1) is 16.0. The monoisotopic (exact) mass is 344 g/mol. The Balaban J connectivity index is 2.00. The molecule has 0 aliphatic carbocycles. The molecule has 0 fully saturated rings. The van der Waals surface area contributed by atoms with Crippen LogP contribution in [0.25, 0.3) is 5.69 Å². The summed E-state index contributed by atoms with van der Waals surface area (Å²) < 4.78 is 1.58. The van der Waals surface area contributed by atoms with Gasteiger partial charge >= 0.3 is 0 Å². The van der Waals surface area contributed by atoms with Crippen LogP contribution in [0.4, 0.5) is 5.69 Å². The van der Waals surface area contributed by atoms with Crippen LogP contribution < -0.4 is 5.32 Å². The van der Waals surface area contributed by atoms with Crippen molar-refractivity contribution in [3.8, 4) is 5.69 Å². The van der Waals surface area contributed by atoms with E-state index in [1.807, 2.05) is 12.1 Å². The Kier molecular flexibility index (Phi) is 4.50. The van der Waals surface area contributed by atoms with Crippen LogP contribution in [0.1, 0.15) is 17.4 Å². The molecule has 3 aromatic rings. The summed E-state index contributed by atoms with van der Waals surface area (Å²) in [6.07, 6.45) is 0. The minimum Gasteiger partial charge on any atom is -0.307 e. The molecule has 0 spiro atoms. The van der Waals surface area contributed by atoms with Crippen molar-refractivity contribution in [1.82, 2.24) is 25.5 Å². The maximum atomic E-state index is 10.8. The van der Waals surface area contributed by atoms with Gasteiger partial charge < -0.3 is 5.32 Å². The normalized spacial score (nSPS) is 12.1. The standard InChI is InChI=1S/C15H13ClN6O2/c1-17-14(10-5-7-12(8-6-10)22(23)24)15-18-19-20-21(15)13-4-2-3-11(16)9-13/h2-9,14,17H,1H3. The highest BCUT2D eigenvalue weighted by Crippen LogP contribution is 2.24. The molecule has 3 rings (SSSR count). The second-order valence-corrected chi connectivity index (χ2v) is 5.44. The van der Waals surface area contributed by atoms with E-state index in [1.165, 1.54) is 12.1 Å². The van der Waals surface area contributed by atoms with E-state index in [4.69, 9.17) is 11.6 Å². The molecule has 1 atom stereocenters. The summed E-state index contributed by atoms with van der Waals surface area (Å²) in [6.45, 7) is 0. The van der Waals surface area contributed by atoms with E-state index >= 15 is 0 Å². The van der Waals surface area contributed by atoms with E-state index < -0.39 is 4.92 Å². The van der Waals surface area contributed by atoms with Gasteiger partial charge in [0.15, 0.2) is 5.82 Å². The number of benzene rings is 2. The molecule has 0 aliphatic heterocycles. The fraction of sp³-hybridized carbons (Fsp3) is 0.133. The van der Waals surface area contributed by atoms with Crippen molar-refractivity contribution >= 4 is 17.3 Å². The molecule has 1 N–H and O–H groups in total. The van der Waals surface area contributed by atoms with Gasteiger partial charge in [0, 0.05) is 17.2 Å². The highest BCUT2D eigenvalue weighted by atomic mass is 35.5. The lowest BCUT2D eigenvalue weighted by Crippen LogP contribution is -2.22. The van der Waals surface area contributed by atoms with Crippen molar-refractivity contribution in [2.24, 2.45) is 0 Å². The van der Waals surface area contributed by atoms with E-state index in [2.05, 4.69) is 20.8 Å². The summed E-state index contributed by atoms with van der Waals surface area (Å²) in [4.78, 5) is 10.4. The lowest BCUT2D eigenvalue weighted by atomic mass is 10.1. The molecule has 2 aromatic carbocycles. The van der Waals surface area contributed by atoms with Crippen LogP contribution in [0.5, 0.6) is 0 Å². The van der Waals surface area contributed by atoms with Gasteiger partial charge in [0.1, 0.15) is 0 Å². The topological polar surface area (TPSA) is 98.8 Å². The molecule has 0 saturated carbocycles. The number of hydrogen-bond donors (Lipinski definition) is 1. The third-order valence-electron chi connectivity index (χ3n) is 3.53. The van der Waals surface area contributed by atoms with Crippen LogP contribution >= 0.6 is 11.6 Å². The highest BCUT2D eigenvalue weighted by Gasteiger charge is 2.21. The lowest BCUT2D eigenvalue weighted by molar-refractivity contribution is -0.384. The summed E-state index contributed by atoms with van der Waals surface area (Å²) in [5.41, 5.74) is 1.56. The van der Waals surface area contributed by atoms with Crippen LogP contribution in [0.3, 0.4) is 0 Å². The molecule has 0 amide bonds. The number of nitro groups is 1. The van der Waals surface area contributed by atoms with Gasteiger partial charge in [-0.1, -0.05) is 29.8 Å². The van der Waals surface area contributed by atoms with Gasteiger partial charge in [-0.25, -0.2) is 0 Å². The molecule has 0 aliphatic rings. The van der Waals surface area contributed by atoms with Gasteiger partial charge in [-0.15, -0.1) is 5.10 Å². The molecule has 9 heteroatoms. The summed E-state index contributed by atoms with van der Waals surface area (Å²) in [7, 11) is 1.77. The van der Waals surface area contributed by atoms with E-state index in [1.54, 1.807) is 36.0 Å². The SMILES string of the molecule is CNC(c1ccc([N+](=O)[O-])cc1)c1nnnn1-c1cccc(Cl)c1. The van der Waals surface area contributed by atoms with Crippen LogP contribution in [0, 0.1) is 10.1 Å². The first-order valence-corrected chi connectivity index (χ1v) is 7.44. The maximum Gasteiger partial charge on any atom is 0.269 e. The first-order valence-electron chi connectivity index (χ1n) is 7.06. The highest BCUT2D eigenvalue weighted by molar-refractivity contribution is 6.30. The Morgan fingerprint density at radius 1 is 1.25 bits per heavy atom. The maximum absolute atomic E-state index is 10.8. The fourth-order valence-corrected chi connectivity index (χ4v) is 2.58. The van der Waals surface area contributed by atoms with Gasteiger partial charge in [0.25, 0.3) is 5.69 Å². The molecule has 0 radical (unpaired) electrons. The van der Waals surface area contributed by atoms with Gasteiger partial charge in [-0.05, 0) is 41.2 Å². The Labute approximate surface area is 142 Å². The molecule has 24 heavy (non-hydrogen) atoms. The fourth-order valence-electron chi connectivity index (χ4n) is 2.40. The number of halogens is 1. The predicted octanol–water partition coefficient (Wildman–Crippen LogP) is 2.53. The zero-order valence-corrected chi connectivity index (χ0v) is 13.4. The number of nitro benzene ring substituents is 1. The zero-order valence-electron chi connectivity index (χ0n) is 12.6. The Morgan fingerprint density at radius 2 is 2.00 bits per heavy atom. The van der Waals surface area contributed by atoms with Crippen LogP contribution in [-0.4, -0.2) is 32.2 Å². The van der Waals surface area contributed by atoms with Gasteiger partial charge in [-0.2, -0.15) is 4.68 Å². The Hall–Kier alpha value is -2.84. The molecular formula is C15H13ClN6O2. The number of non-ortho nitro benzene ring substituents is 1. The van der Waals surface area contributed by atoms with Gasteiger partial charge in [0.2, 0.25) is 0 Å². The first-order chi connectivity index (χ1) is 11.6. The second kappa shape index (κ2) is 6.73. The number of hydrogen-bond acceptors (Lipinski definition) is 6. The minimum atomic E-state index is -0.436. The van der Waals surface area contributed by atoms with E-state index in [0.29, 0.717) is 10.8 Å². The quantitative estimate of drug-likeness (QED) is 0.564. The number of nitrogens with zero attached hydrogens (tertiary/aromatic N) is 5. The Morgan fingerprint density at radius 3 is 2.62 bits per heavy atom. The molecule has 0 bridgehead atoms. The molecule has 122 valence electrons. The molecule has 1 aromatic heterocycles. The van der Waals surface area contributed by atoms with Crippen molar-refractivity contribution in [3.05, 3.63) is 75.1 Å². The van der Waals surface area contributed by atoms with Gasteiger partial charge in [0.05, 0.1) is 16.7 Å². The third kappa shape index (κ3) is 3.10.